The molecule has 0 spiro atoms. The minimum absolute atomic E-state index is 0.251. The summed E-state index contributed by atoms with van der Waals surface area (Å²) in [5, 5.41) is 4.59. The number of nitrogens with one attached hydrogen (secondary N) is 1. The highest BCUT2D eigenvalue weighted by Crippen LogP contribution is 2.34. The van der Waals surface area contributed by atoms with Crippen molar-refractivity contribution in [2.75, 3.05) is 31.1 Å². The van der Waals surface area contributed by atoms with Crippen molar-refractivity contribution in [3.63, 3.8) is 0 Å². The largest absolute Gasteiger partial charge is 0.444 e. The van der Waals surface area contributed by atoms with Crippen LogP contribution in [0.2, 0.25) is 0 Å². The third kappa shape index (κ3) is 7.25. The van der Waals surface area contributed by atoms with Crippen LogP contribution in [0, 0.1) is 11.8 Å². The molecule has 0 unspecified atom stereocenters. The van der Waals surface area contributed by atoms with E-state index in [-0.39, 0.29) is 11.0 Å². The molecule has 4 rings (SSSR count). The fraction of sp³-hybridized carbons (Fsp3) is 0.731. The van der Waals surface area contributed by atoms with Crippen LogP contribution in [0.4, 0.5) is 23.8 Å². The fourth-order valence-electron chi connectivity index (χ4n) is 5.26. The Kier molecular flexibility index (Phi) is 8.23. The second-order valence-electron chi connectivity index (χ2n) is 11.6. The molecule has 2 aromatic rings. The zero-order valence-corrected chi connectivity index (χ0v) is 23.1. The average molecular weight is 542 g/mol. The maximum Gasteiger partial charge on any atom is 0.410 e. The lowest BCUT2D eigenvalue weighted by atomic mass is 9.84. The lowest BCUT2D eigenvalue weighted by Gasteiger charge is -2.46. The molecule has 2 aliphatic rings. The number of rotatable bonds is 6. The lowest BCUT2D eigenvalue weighted by molar-refractivity contribution is -0.126. The summed E-state index contributed by atoms with van der Waals surface area (Å²) >= 11 is 1.09. The van der Waals surface area contributed by atoms with Crippen LogP contribution in [0.25, 0.3) is 10.2 Å². The Balaban J connectivity index is 1.36. The second-order valence-corrected chi connectivity index (χ2v) is 12.7. The number of carbonyl (C=O) groups excluding carboxylic acids is 1. The maximum atomic E-state index is 12.9. The number of anilines is 1. The molecule has 2 atom stereocenters. The van der Waals surface area contributed by atoms with Gasteiger partial charge < -0.3 is 19.9 Å². The Morgan fingerprint density at radius 2 is 1.92 bits per heavy atom. The third-order valence-corrected chi connectivity index (χ3v) is 8.02. The first kappa shape index (κ1) is 27.9. The molecular formula is C26H38F3N5O2S. The number of hydrogen-bond acceptors (Lipinski definition) is 7. The Morgan fingerprint density at radius 1 is 1.19 bits per heavy atom. The predicted molar refractivity (Wildman–Crippen MR) is 140 cm³/mol. The van der Waals surface area contributed by atoms with Crippen LogP contribution in [0.1, 0.15) is 58.8 Å². The molecule has 206 valence electrons. The van der Waals surface area contributed by atoms with Gasteiger partial charge in [-0.2, -0.15) is 13.2 Å². The quantitative estimate of drug-likeness (QED) is 0.511. The molecule has 1 N–H and O–H groups in total. The lowest BCUT2D eigenvalue weighted by Crippen LogP contribution is -2.60. The van der Waals surface area contributed by atoms with Gasteiger partial charge in [-0.1, -0.05) is 13.8 Å². The summed E-state index contributed by atoms with van der Waals surface area (Å²) in [7, 11) is 0. The molecule has 4 heterocycles. The minimum Gasteiger partial charge on any atom is -0.444 e. The van der Waals surface area contributed by atoms with E-state index in [0.717, 1.165) is 49.5 Å². The van der Waals surface area contributed by atoms with Gasteiger partial charge in [-0.25, -0.2) is 14.8 Å². The van der Waals surface area contributed by atoms with E-state index in [1.165, 1.54) is 6.33 Å². The summed E-state index contributed by atoms with van der Waals surface area (Å²) in [6, 6.07) is 2.22. The first-order valence-corrected chi connectivity index (χ1v) is 13.9. The van der Waals surface area contributed by atoms with Crippen molar-refractivity contribution in [1.29, 1.82) is 0 Å². The predicted octanol–water partition coefficient (Wildman–Crippen LogP) is 5.64. The minimum atomic E-state index is -4.24. The highest BCUT2D eigenvalue weighted by molar-refractivity contribution is 7.18. The van der Waals surface area contributed by atoms with Crippen LogP contribution < -0.4 is 10.2 Å². The number of likely N-dealkylation sites (tertiary alicyclic amines) is 1. The Hall–Kier alpha value is -2.14. The topological polar surface area (TPSA) is 70.6 Å². The number of thiophene rings is 1. The van der Waals surface area contributed by atoms with Gasteiger partial charge in [-0.3, -0.25) is 0 Å². The number of aromatic nitrogens is 2. The summed E-state index contributed by atoms with van der Waals surface area (Å²) < 4.78 is 44.3. The summed E-state index contributed by atoms with van der Waals surface area (Å²) in [6.07, 6.45) is -1.10. The van der Waals surface area contributed by atoms with E-state index in [2.05, 4.69) is 34.0 Å². The van der Waals surface area contributed by atoms with E-state index < -0.39 is 18.2 Å². The number of fused-ring (bicyclic) bond motifs is 1. The Morgan fingerprint density at radius 3 is 2.57 bits per heavy atom. The first-order chi connectivity index (χ1) is 17.3. The molecule has 37 heavy (non-hydrogen) atoms. The summed E-state index contributed by atoms with van der Waals surface area (Å²) in [4.78, 5) is 25.9. The zero-order chi connectivity index (χ0) is 27.0. The normalized spacial score (nSPS) is 20.7. The molecule has 0 radical (unpaired) electrons. The summed E-state index contributed by atoms with van der Waals surface area (Å²) in [5.74, 6) is 1.53. The van der Waals surface area contributed by atoms with Gasteiger partial charge in [0.1, 0.15) is 22.6 Å². The van der Waals surface area contributed by atoms with Gasteiger partial charge in [-0.15, -0.1) is 11.3 Å². The van der Waals surface area contributed by atoms with Gasteiger partial charge in [0.25, 0.3) is 0 Å². The fourth-order valence-corrected chi connectivity index (χ4v) is 6.29. The number of halogens is 3. The summed E-state index contributed by atoms with van der Waals surface area (Å²) in [6.45, 7) is 13.0. The SMILES string of the molecule is CC(C)[C@H](N[C@@H]1CCCN(c2ncnc3sc(CC(F)(F)F)cc23)CC1)C1CN(C(=O)OC(C)(C)C)C1. The number of nitrogens with zero attached hydrogens (tertiary/aromatic N) is 4. The number of ether oxygens (including phenoxy) is 1. The van der Waals surface area contributed by atoms with E-state index in [1.807, 2.05) is 20.8 Å². The van der Waals surface area contributed by atoms with Crippen molar-refractivity contribution in [2.45, 2.75) is 84.2 Å². The van der Waals surface area contributed by atoms with Crippen LogP contribution >= 0.6 is 11.3 Å². The van der Waals surface area contributed by atoms with E-state index in [1.54, 1.807) is 11.0 Å². The van der Waals surface area contributed by atoms with E-state index in [4.69, 9.17) is 4.74 Å². The van der Waals surface area contributed by atoms with Gasteiger partial charge in [0, 0.05) is 49.1 Å². The molecule has 0 aromatic carbocycles. The molecule has 11 heteroatoms. The van der Waals surface area contributed by atoms with Crippen molar-refractivity contribution < 1.29 is 22.7 Å². The van der Waals surface area contributed by atoms with Crippen molar-refractivity contribution in [3.05, 3.63) is 17.3 Å². The van der Waals surface area contributed by atoms with Crippen LogP contribution in [0.3, 0.4) is 0 Å². The molecule has 0 bridgehead atoms. The van der Waals surface area contributed by atoms with E-state index in [0.29, 0.717) is 47.2 Å². The molecular weight excluding hydrogens is 503 g/mol. The molecule has 2 aromatic heterocycles. The standard InChI is InChI=1S/C26H38F3N5O2S/c1-16(2)21(17-13-34(14-17)24(35)36-25(3,4)5)32-18-7-6-9-33(10-8-18)22-20-11-19(12-26(27,28)29)37-23(20)31-15-30-22/h11,15-18,21,32H,6-10,12-14H2,1-5H3/t18-,21+/m1/s1. The number of hydrogen-bond donors (Lipinski definition) is 1. The molecule has 0 saturated carbocycles. The number of alkyl halides is 3. The molecule has 2 aliphatic heterocycles. The third-order valence-electron chi connectivity index (χ3n) is 6.98. The monoisotopic (exact) mass is 541 g/mol. The number of carbonyl (C=O) groups is 1. The van der Waals surface area contributed by atoms with Gasteiger partial charge in [0.2, 0.25) is 0 Å². The van der Waals surface area contributed by atoms with Gasteiger partial charge in [0.15, 0.2) is 0 Å². The van der Waals surface area contributed by atoms with E-state index >= 15 is 0 Å². The van der Waals surface area contributed by atoms with Crippen molar-refractivity contribution in [1.82, 2.24) is 20.2 Å². The van der Waals surface area contributed by atoms with Crippen LogP contribution in [0.5, 0.6) is 0 Å². The molecule has 7 nitrogen and oxygen atoms in total. The number of amides is 1. The smallest absolute Gasteiger partial charge is 0.410 e. The molecule has 2 fully saturated rings. The highest BCUT2D eigenvalue weighted by Gasteiger charge is 2.40. The van der Waals surface area contributed by atoms with E-state index in [9.17, 15) is 18.0 Å². The van der Waals surface area contributed by atoms with Crippen LogP contribution in [0.15, 0.2) is 12.4 Å². The van der Waals surface area contributed by atoms with Crippen molar-refractivity contribution in [2.24, 2.45) is 11.8 Å². The zero-order valence-electron chi connectivity index (χ0n) is 22.3. The average Bonchev–Trinajstić information content (AvgIpc) is 2.98. The first-order valence-electron chi connectivity index (χ1n) is 13.1. The van der Waals surface area contributed by atoms with Crippen LogP contribution in [-0.2, 0) is 11.2 Å². The van der Waals surface area contributed by atoms with Gasteiger partial charge in [0.05, 0.1) is 11.8 Å². The summed E-state index contributed by atoms with van der Waals surface area (Å²) in [5.41, 5.74) is -0.498. The van der Waals surface area contributed by atoms with Crippen LogP contribution in [-0.4, -0.2) is 71.0 Å². The van der Waals surface area contributed by atoms with Gasteiger partial charge in [-0.05, 0) is 52.0 Å². The highest BCUT2D eigenvalue weighted by atomic mass is 32.1. The van der Waals surface area contributed by atoms with Crippen molar-refractivity contribution >= 4 is 33.5 Å². The molecule has 1 amide bonds. The Labute approximate surface area is 220 Å². The molecule has 0 aliphatic carbocycles. The molecule has 2 saturated heterocycles. The van der Waals surface area contributed by atoms with Gasteiger partial charge >= 0.3 is 12.3 Å². The Bertz CT molecular complexity index is 1080. The van der Waals surface area contributed by atoms with Crippen molar-refractivity contribution in [3.8, 4) is 0 Å². The second kappa shape index (κ2) is 10.9. The maximum absolute atomic E-state index is 12.9.